The van der Waals surface area contributed by atoms with Crippen molar-refractivity contribution in [3.8, 4) is 0 Å². The van der Waals surface area contributed by atoms with E-state index >= 15 is 0 Å². The Morgan fingerprint density at radius 2 is 1.14 bits per heavy atom. The molecule has 0 aliphatic carbocycles. The number of carbonyl (C=O) groups is 2. The number of ether oxygens (including phenoxy) is 3. The van der Waals surface area contributed by atoms with Crippen molar-refractivity contribution < 1.29 is 23.8 Å². The average Bonchev–Trinajstić information content (AvgIpc) is 3.26. The van der Waals surface area contributed by atoms with E-state index in [0.717, 1.165) is 110 Å². The molecule has 15 heteroatoms. The number of nitrogens with zero attached hydrogens (tertiary/aromatic N) is 6. The molecule has 0 bridgehead atoms. The van der Waals surface area contributed by atoms with E-state index in [2.05, 4.69) is 49.3 Å². The molecule has 0 amide bonds. The van der Waals surface area contributed by atoms with Gasteiger partial charge < -0.3 is 41.2 Å². The summed E-state index contributed by atoms with van der Waals surface area (Å²) < 4.78 is 17.5. The molecule has 0 spiro atoms. The minimum absolute atomic E-state index is 0.167. The van der Waals surface area contributed by atoms with Gasteiger partial charge in [0.25, 0.3) is 0 Å². The second-order valence-corrected chi connectivity index (χ2v) is 16.6. The zero-order valence-electron chi connectivity index (χ0n) is 38.4. The molecular weight excluding hydrogens is 797 g/mol. The summed E-state index contributed by atoms with van der Waals surface area (Å²) in [5.41, 5.74) is 18.9. The number of anilines is 4. The molecule has 63 heavy (non-hydrogen) atoms. The van der Waals surface area contributed by atoms with Crippen molar-refractivity contribution in [2.75, 3.05) is 102 Å². The number of nitrogens with one attached hydrogen (secondary N) is 2. The highest BCUT2D eigenvalue weighted by molar-refractivity contribution is 5.90. The number of hydrogen-bond donors (Lipinski definition) is 4. The Labute approximate surface area is 374 Å². The summed E-state index contributed by atoms with van der Waals surface area (Å²) in [7, 11) is 3.84. The highest BCUT2D eigenvalue weighted by Crippen LogP contribution is 2.37. The number of aryl methyl sites for hydroxylation is 2. The van der Waals surface area contributed by atoms with Crippen LogP contribution in [0.15, 0.2) is 48.5 Å². The van der Waals surface area contributed by atoms with Gasteiger partial charge in [0.15, 0.2) is 0 Å². The summed E-state index contributed by atoms with van der Waals surface area (Å²) in [6.45, 7) is 14.0. The second-order valence-electron chi connectivity index (χ2n) is 16.6. The van der Waals surface area contributed by atoms with Gasteiger partial charge in [-0.25, -0.2) is 9.97 Å². The van der Waals surface area contributed by atoms with Crippen molar-refractivity contribution in [2.24, 2.45) is 0 Å². The second kappa shape index (κ2) is 25.1. The first-order valence-corrected chi connectivity index (χ1v) is 22.7. The van der Waals surface area contributed by atoms with Crippen LogP contribution in [0, 0.1) is 13.8 Å². The number of rotatable bonds is 25. The Bertz CT molecular complexity index is 2040. The molecule has 2 aromatic carbocycles. The molecule has 1 fully saturated rings. The fourth-order valence-electron chi connectivity index (χ4n) is 7.75. The van der Waals surface area contributed by atoms with E-state index in [0.29, 0.717) is 50.3 Å². The van der Waals surface area contributed by atoms with E-state index in [1.165, 1.54) is 0 Å². The highest BCUT2D eigenvalue weighted by atomic mass is 16.5. The molecule has 1 saturated heterocycles. The average molecular weight is 867 g/mol. The zero-order valence-corrected chi connectivity index (χ0v) is 38.4. The van der Waals surface area contributed by atoms with Crippen LogP contribution in [0.2, 0.25) is 0 Å². The molecule has 3 heterocycles. The van der Waals surface area contributed by atoms with Crippen LogP contribution in [-0.2, 0) is 36.6 Å². The van der Waals surface area contributed by atoms with E-state index in [1.807, 2.05) is 81.4 Å². The normalized spacial score (nSPS) is 14.0. The van der Waals surface area contributed by atoms with Gasteiger partial charge in [-0.2, -0.15) is 9.97 Å². The lowest BCUT2D eigenvalue weighted by molar-refractivity contribution is -0.154. The largest absolute Gasteiger partial charge is 0.464 e. The number of morpholine rings is 1. The van der Waals surface area contributed by atoms with Crippen molar-refractivity contribution in [3.05, 3.63) is 93.3 Å². The van der Waals surface area contributed by atoms with E-state index in [9.17, 15) is 9.59 Å². The fraction of sp³-hybridized carbons (Fsp3) is 0.542. The molecule has 0 radical (unpaired) electrons. The lowest BCUT2D eigenvalue weighted by Crippen LogP contribution is -2.39. The first-order valence-electron chi connectivity index (χ1n) is 22.7. The van der Waals surface area contributed by atoms with Gasteiger partial charge in [0.1, 0.15) is 24.8 Å². The lowest BCUT2D eigenvalue weighted by Gasteiger charge is -2.28. The number of unbranched alkanes of at least 4 members (excludes halogenated alkanes) is 4. The van der Waals surface area contributed by atoms with Crippen LogP contribution in [0.4, 0.5) is 23.5 Å². The lowest BCUT2D eigenvalue weighted by atomic mass is 9.80. The molecule has 1 aliphatic rings. The Morgan fingerprint density at radius 1 is 0.698 bits per heavy atom. The number of nitrogen functional groups attached to an aromatic ring is 2. The Kier molecular flexibility index (Phi) is 19.3. The molecule has 0 saturated carbocycles. The Morgan fingerprint density at radius 3 is 1.57 bits per heavy atom. The molecule has 2 unspecified atom stereocenters. The molecular formula is C48H70N10O5. The van der Waals surface area contributed by atoms with Crippen molar-refractivity contribution >= 4 is 35.5 Å². The van der Waals surface area contributed by atoms with Crippen LogP contribution >= 0.6 is 0 Å². The first kappa shape index (κ1) is 48.6. The Hall–Kier alpha value is -5.38. The number of nitrogens with two attached hydrogens (primary N) is 2. The third kappa shape index (κ3) is 14.9. The summed E-state index contributed by atoms with van der Waals surface area (Å²) >= 11 is 0. The number of carbonyl (C=O) groups excluding carboxylic acids is 2. The maximum Gasteiger partial charge on any atom is 0.314 e. The number of aromatic nitrogens is 4. The SMILES string of the molecule is CCCCCNc1nc(N)nc(C)c1Cc1ccc(C(C(=O)OCCN(C)C)C(C(=O)OCCN2CCOCC2)c2ccc(Cc3c(C)nc(N)nc3NCCCCC)cc2)cc1. The third-order valence-electron chi connectivity index (χ3n) is 11.4. The zero-order chi connectivity index (χ0) is 45.1. The van der Waals surface area contributed by atoms with Crippen LogP contribution in [0.3, 0.4) is 0 Å². The fourth-order valence-corrected chi connectivity index (χ4v) is 7.75. The summed E-state index contributed by atoms with van der Waals surface area (Å²) in [6, 6.07) is 15.6. The van der Waals surface area contributed by atoms with Gasteiger partial charge in [-0.3, -0.25) is 14.5 Å². The molecule has 2 atom stereocenters. The number of benzene rings is 2. The molecule has 2 aromatic heterocycles. The molecule has 5 rings (SSSR count). The smallest absolute Gasteiger partial charge is 0.314 e. The van der Waals surface area contributed by atoms with Crippen LogP contribution < -0.4 is 22.1 Å². The first-order chi connectivity index (χ1) is 30.5. The molecule has 342 valence electrons. The van der Waals surface area contributed by atoms with Crippen LogP contribution in [0.25, 0.3) is 0 Å². The number of likely N-dealkylation sites (N-methyl/N-ethyl adjacent to an activating group) is 1. The highest BCUT2D eigenvalue weighted by Gasteiger charge is 2.39. The maximum atomic E-state index is 14.5. The summed E-state index contributed by atoms with van der Waals surface area (Å²) in [4.78, 5) is 51.1. The van der Waals surface area contributed by atoms with Crippen molar-refractivity contribution in [1.82, 2.24) is 29.7 Å². The van der Waals surface area contributed by atoms with Crippen molar-refractivity contribution in [3.63, 3.8) is 0 Å². The topological polar surface area (TPSA) is 196 Å². The monoisotopic (exact) mass is 867 g/mol. The minimum Gasteiger partial charge on any atom is -0.464 e. The predicted octanol–water partition coefficient (Wildman–Crippen LogP) is 6.28. The molecule has 1 aliphatic heterocycles. The van der Waals surface area contributed by atoms with Gasteiger partial charge in [-0.05, 0) is 63.0 Å². The maximum absolute atomic E-state index is 14.5. The summed E-state index contributed by atoms with van der Waals surface area (Å²) in [5, 5.41) is 6.94. The minimum atomic E-state index is -0.995. The quantitative estimate of drug-likeness (QED) is 0.0429. The summed E-state index contributed by atoms with van der Waals surface area (Å²) in [5.74, 6) is -1.08. The van der Waals surface area contributed by atoms with Crippen LogP contribution in [-0.4, -0.2) is 121 Å². The van der Waals surface area contributed by atoms with Crippen LogP contribution in [0.5, 0.6) is 0 Å². The van der Waals surface area contributed by atoms with E-state index in [4.69, 9.17) is 25.7 Å². The van der Waals surface area contributed by atoms with Gasteiger partial charge >= 0.3 is 11.9 Å². The van der Waals surface area contributed by atoms with E-state index < -0.39 is 23.8 Å². The molecule has 15 nitrogen and oxygen atoms in total. The summed E-state index contributed by atoms with van der Waals surface area (Å²) in [6.07, 6.45) is 7.60. The third-order valence-corrected chi connectivity index (χ3v) is 11.4. The van der Waals surface area contributed by atoms with Crippen molar-refractivity contribution in [1.29, 1.82) is 0 Å². The van der Waals surface area contributed by atoms with Gasteiger partial charge in [0.2, 0.25) is 11.9 Å². The number of hydrogen-bond acceptors (Lipinski definition) is 15. The van der Waals surface area contributed by atoms with Gasteiger partial charge in [0, 0.05) is 74.6 Å². The van der Waals surface area contributed by atoms with E-state index in [1.54, 1.807) is 0 Å². The van der Waals surface area contributed by atoms with E-state index in [-0.39, 0.29) is 25.1 Å². The number of esters is 2. The Balaban J connectivity index is 1.47. The molecule has 6 N–H and O–H groups in total. The predicted molar refractivity (Wildman–Crippen MR) is 250 cm³/mol. The van der Waals surface area contributed by atoms with Gasteiger partial charge in [-0.1, -0.05) is 88.1 Å². The van der Waals surface area contributed by atoms with Gasteiger partial charge in [0.05, 0.1) is 25.0 Å². The van der Waals surface area contributed by atoms with Gasteiger partial charge in [-0.15, -0.1) is 0 Å². The van der Waals surface area contributed by atoms with Crippen molar-refractivity contribution in [2.45, 2.75) is 90.9 Å². The molecule has 4 aromatic rings. The van der Waals surface area contributed by atoms with Crippen LogP contribution in [0.1, 0.15) is 109 Å². The standard InChI is InChI=1S/C48H70N10O5/c1-7-9-11-21-51-43-39(33(3)53-47(49)55-43)31-35-13-17-37(18-14-35)41(45(59)62-29-23-57(5)6)42(46(60)63-30-26-58-24-27-61-28-25-58)38-19-15-36(16-20-38)32-40-34(4)54-48(50)56-44(40)52-22-12-10-8-2/h13-20,41-42H,7-12,21-32H2,1-6H3,(H3,49,51,53,55)(H3,50,52,54,56).